The molecular formula is C54H96NO10P. The van der Waals surface area contributed by atoms with Crippen LogP contribution in [0.25, 0.3) is 0 Å². The second-order valence-electron chi connectivity index (χ2n) is 17.6. The second-order valence-corrected chi connectivity index (χ2v) is 19.1. The van der Waals surface area contributed by atoms with Crippen molar-refractivity contribution in [2.75, 3.05) is 19.8 Å². The first-order valence-corrected chi connectivity index (χ1v) is 27.8. The molecule has 0 aromatic rings. The van der Waals surface area contributed by atoms with Gasteiger partial charge >= 0.3 is 25.7 Å². The molecule has 66 heavy (non-hydrogen) atoms. The van der Waals surface area contributed by atoms with Gasteiger partial charge in [-0.05, 0) is 77.0 Å². The Hall–Kier alpha value is -2.82. The minimum atomic E-state index is -4.73. The van der Waals surface area contributed by atoms with Crippen molar-refractivity contribution in [3.63, 3.8) is 0 Å². The molecule has 0 amide bonds. The highest BCUT2D eigenvalue weighted by atomic mass is 31.2. The minimum Gasteiger partial charge on any atom is -0.480 e. The monoisotopic (exact) mass is 950 g/mol. The van der Waals surface area contributed by atoms with Crippen LogP contribution >= 0.6 is 7.82 Å². The highest BCUT2D eigenvalue weighted by molar-refractivity contribution is 7.47. The molecule has 0 saturated carbocycles. The van der Waals surface area contributed by atoms with Crippen molar-refractivity contribution in [1.29, 1.82) is 0 Å². The van der Waals surface area contributed by atoms with Crippen LogP contribution in [0.1, 0.15) is 232 Å². The number of carbonyl (C=O) groups excluding carboxylic acids is 2. The fourth-order valence-electron chi connectivity index (χ4n) is 7.17. The molecule has 0 radical (unpaired) electrons. The van der Waals surface area contributed by atoms with Crippen LogP contribution in [0.2, 0.25) is 0 Å². The SMILES string of the molecule is CC/C=C\C/C=C\C/C=C\C/C=C\CCCCCCCCCCC(=O)OC(COC(=O)CCCCCCCCCCC/C=C\CCCCCCCCCC)COP(=O)(O)OCC(N)C(=O)O. The molecule has 3 atom stereocenters. The van der Waals surface area contributed by atoms with Crippen LogP contribution in [0.5, 0.6) is 0 Å². The van der Waals surface area contributed by atoms with Crippen LogP contribution in [-0.4, -0.2) is 59.9 Å². The van der Waals surface area contributed by atoms with Crippen LogP contribution < -0.4 is 5.73 Å². The van der Waals surface area contributed by atoms with Crippen LogP contribution in [0.15, 0.2) is 60.8 Å². The van der Waals surface area contributed by atoms with Gasteiger partial charge in [-0.1, -0.05) is 203 Å². The van der Waals surface area contributed by atoms with Gasteiger partial charge in [0, 0.05) is 12.8 Å². The Morgan fingerprint density at radius 1 is 0.485 bits per heavy atom. The molecule has 0 aliphatic heterocycles. The third-order valence-electron chi connectivity index (χ3n) is 11.2. The van der Waals surface area contributed by atoms with E-state index in [1.165, 1.54) is 116 Å². The van der Waals surface area contributed by atoms with Crippen molar-refractivity contribution in [3.05, 3.63) is 60.8 Å². The summed E-state index contributed by atoms with van der Waals surface area (Å²) >= 11 is 0. The first-order valence-electron chi connectivity index (χ1n) is 26.3. The van der Waals surface area contributed by atoms with E-state index in [0.717, 1.165) is 77.0 Å². The zero-order valence-corrected chi connectivity index (χ0v) is 42.7. The van der Waals surface area contributed by atoms with Gasteiger partial charge in [-0.25, -0.2) is 4.57 Å². The van der Waals surface area contributed by atoms with E-state index in [4.69, 9.17) is 24.8 Å². The molecule has 0 spiro atoms. The summed E-state index contributed by atoms with van der Waals surface area (Å²) in [6.07, 6.45) is 58.5. The van der Waals surface area contributed by atoms with E-state index in [2.05, 4.69) is 79.1 Å². The fraction of sp³-hybridized carbons (Fsp3) is 0.759. The van der Waals surface area contributed by atoms with Gasteiger partial charge in [-0.2, -0.15) is 0 Å². The number of hydrogen-bond donors (Lipinski definition) is 3. The van der Waals surface area contributed by atoms with Crippen molar-refractivity contribution in [2.24, 2.45) is 5.73 Å². The molecule has 0 rings (SSSR count). The third-order valence-corrected chi connectivity index (χ3v) is 12.2. The van der Waals surface area contributed by atoms with Gasteiger partial charge in [0.05, 0.1) is 13.2 Å². The third kappa shape index (κ3) is 47.7. The number of esters is 2. The maximum Gasteiger partial charge on any atom is 0.472 e. The number of hydrogen-bond acceptors (Lipinski definition) is 9. The molecule has 0 bridgehead atoms. The fourth-order valence-corrected chi connectivity index (χ4v) is 7.95. The van der Waals surface area contributed by atoms with E-state index in [9.17, 15) is 23.8 Å². The molecule has 0 heterocycles. The highest BCUT2D eigenvalue weighted by Crippen LogP contribution is 2.43. The van der Waals surface area contributed by atoms with Crippen LogP contribution in [0.4, 0.5) is 0 Å². The minimum absolute atomic E-state index is 0.150. The Labute approximate surface area is 402 Å². The van der Waals surface area contributed by atoms with Gasteiger partial charge in [0.15, 0.2) is 6.10 Å². The number of nitrogens with two attached hydrogens (primary N) is 1. The number of unbranched alkanes of at least 4 members (excludes halogenated alkanes) is 25. The number of allylic oxidation sites excluding steroid dienone is 10. The molecule has 12 heteroatoms. The molecule has 0 aromatic carbocycles. The van der Waals surface area contributed by atoms with Crippen LogP contribution in [0, 0.1) is 0 Å². The molecule has 0 aliphatic carbocycles. The molecule has 3 unspecified atom stereocenters. The Balaban J connectivity index is 4.25. The maximum atomic E-state index is 12.7. The molecule has 4 N–H and O–H groups in total. The number of phosphoric acid groups is 1. The summed E-state index contributed by atoms with van der Waals surface area (Å²) in [6, 6.07) is -1.53. The average molecular weight is 950 g/mol. The van der Waals surface area contributed by atoms with Gasteiger partial charge in [0.25, 0.3) is 0 Å². The normalized spacial score (nSPS) is 14.0. The lowest BCUT2D eigenvalue weighted by Gasteiger charge is -2.20. The first-order chi connectivity index (χ1) is 32.1. The number of rotatable bonds is 49. The average Bonchev–Trinajstić information content (AvgIpc) is 3.30. The number of phosphoric ester groups is 1. The molecule has 0 aliphatic rings. The molecule has 382 valence electrons. The first kappa shape index (κ1) is 63.2. The Kier molecular flexibility index (Phi) is 46.6. The number of aliphatic carboxylic acids is 1. The van der Waals surface area contributed by atoms with Crippen molar-refractivity contribution >= 4 is 25.7 Å². The second kappa shape index (κ2) is 48.6. The van der Waals surface area contributed by atoms with Gasteiger partial charge in [-0.3, -0.25) is 23.4 Å². The molecule has 0 saturated heterocycles. The lowest BCUT2D eigenvalue weighted by molar-refractivity contribution is -0.161. The van der Waals surface area contributed by atoms with E-state index in [1.54, 1.807) is 0 Å². The van der Waals surface area contributed by atoms with E-state index in [1.807, 2.05) is 0 Å². The van der Waals surface area contributed by atoms with E-state index < -0.39 is 51.1 Å². The zero-order chi connectivity index (χ0) is 48.4. The molecular weight excluding hydrogens is 854 g/mol. The lowest BCUT2D eigenvalue weighted by Crippen LogP contribution is -2.34. The Morgan fingerprint density at radius 3 is 1.29 bits per heavy atom. The van der Waals surface area contributed by atoms with Gasteiger partial charge < -0.3 is 25.2 Å². The van der Waals surface area contributed by atoms with Gasteiger partial charge in [0.2, 0.25) is 0 Å². The summed E-state index contributed by atoms with van der Waals surface area (Å²) in [6.45, 7) is 2.71. The standard InChI is InChI=1S/C54H96NO10P/c1-3-5-7-9-11-13-15-17-19-21-23-25-27-29-31-33-35-37-39-41-43-45-52(56)62-47-50(48-63-66(60,61)64-49-51(55)54(58)59)65-53(57)46-44-42-40-38-36-34-32-30-28-26-24-22-20-18-16-14-12-10-8-6-4-2/h6,8,12,14,18,20-21,23-24,26,50-51H,3-5,7,9-11,13,15-17,19,22,25,27-49,55H2,1-2H3,(H,58,59)(H,60,61)/b8-6-,14-12-,20-18-,23-21-,26-24-. The van der Waals surface area contributed by atoms with Crippen LogP contribution in [0.3, 0.4) is 0 Å². The quantitative estimate of drug-likeness (QED) is 0.0229. The van der Waals surface area contributed by atoms with Crippen LogP contribution in [-0.2, 0) is 37.5 Å². The Bertz CT molecular complexity index is 1350. The summed E-state index contributed by atoms with van der Waals surface area (Å²) in [4.78, 5) is 46.2. The largest absolute Gasteiger partial charge is 0.480 e. The molecule has 0 fully saturated rings. The maximum absolute atomic E-state index is 12.7. The van der Waals surface area contributed by atoms with Crippen molar-refractivity contribution < 1.29 is 47.5 Å². The number of ether oxygens (including phenoxy) is 2. The van der Waals surface area contributed by atoms with E-state index >= 15 is 0 Å². The van der Waals surface area contributed by atoms with E-state index in [-0.39, 0.29) is 19.4 Å². The smallest absolute Gasteiger partial charge is 0.472 e. The molecule has 0 aromatic heterocycles. The summed E-state index contributed by atoms with van der Waals surface area (Å²) < 4.78 is 32.9. The number of carboxylic acid groups (broad SMARTS) is 1. The predicted molar refractivity (Wildman–Crippen MR) is 272 cm³/mol. The van der Waals surface area contributed by atoms with Gasteiger partial charge in [0.1, 0.15) is 12.6 Å². The summed E-state index contributed by atoms with van der Waals surface area (Å²) in [7, 11) is -4.73. The number of carboxylic acids is 1. The van der Waals surface area contributed by atoms with Crippen molar-refractivity contribution in [3.8, 4) is 0 Å². The summed E-state index contributed by atoms with van der Waals surface area (Å²) in [5.74, 6) is -2.39. The highest BCUT2D eigenvalue weighted by Gasteiger charge is 2.28. The Morgan fingerprint density at radius 2 is 0.848 bits per heavy atom. The lowest BCUT2D eigenvalue weighted by atomic mass is 10.1. The predicted octanol–water partition coefficient (Wildman–Crippen LogP) is 15.1. The number of carbonyl (C=O) groups is 3. The van der Waals surface area contributed by atoms with Gasteiger partial charge in [-0.15, -0.1) is 0 Å². The van der Waals surface area contributed by atoms with E-state index in [0.29, 0.717) is 12.8 Å². The van der Waals surface area contributed by atoms with Crippen molar-refractivity contribution in [1.82, 2.24) is 0 Å². The molecule has 11 nitrogen and oxygen atoms in total. The summed E-state index contributed by atoms with van der Waals surface area (Å²) in [5.41, 5.74) is 5.36. The summed E-state index contributed by atoms with van der Waals surface area (Å²) in [5, 5.41) is 8.93. The topological polar surface area (TPSA) is 172 Å². The van der Waals surface area contributed by atoms with Crippen molar-refractivity contribution in [2.45, 2.75) is 244 Å². The zero-order valence-electron chi connectivity index (χ0n) is 41.8.